The van der Waals surface area contributed by atoms with Crippen molar-refractivity contribution in [3.8, 4) is 5.75 Å². The summed E-state index contributed by atoms with van der Waals surface area (Å²) in [6.45, 7) is 4.95. The van der Waals surface area contributed by atoms with Gasteiger partial charge in [-0.15, -0.1) is 0 Å². The molecule has 29 heavy (non-hydrogen) atoms. The van der Waals surface area contributed by atoms with Crippen molar-refractivity contribution in [1.82, 2.24) is 4.90 Å². The van der Waals surface area contributed by atoms with Crippen LogP contribution in [0.4, 0.5) is 10.1 Å². The van der Waals surface area contributed by atoms with E-state index in [2.05, 4.69) is 5.32 Å². The molecule has 154 valence electrons. The molecule has 2 aromatic carbocycles. The van der Waals surface area contributed by atoms with Gasteiger partial charge in [0.1, 0.15) is 11.6 Å². The number of anilines is 1. The maximum absolute atomic E-state index is 13.9. The van der Waals surface area contributed by atoms with E-state index in [4.69, 9.17) is 16.3 Å². The van der Waals surface area contributed by atoms with Crippen LogP contribution in [-0.4, -0.2) is 36.4 Å². The Bertz CT molecular complexity index is 901. The van der Waals surface area contributed by atoms with Gasteiger partial charge in [0, 0.05) is 24.7 Å². The van der Waals surface area contributed by atoms with Gasteiger partial charge in [0.05, 0.1) is 5.02 Å². The van der Waals surface area contributed by atoms with E-state index in [9.17, 15) is 14.0 Å². The fourth-order valence-electron chi connectivity index (χ4n) is 3.34. The van der Waals surface area contributed by atoms with Gasteiger partial charge >= 0.3 is 0 Å². The summed E-state index contributed by atoms with van der Waals surface area (Å²) >= 11 is 6.23. The second-order valence-corrected chi connectivity index (χ2v) is 7.37. The van der Waals surface area contributed by atoms with E-state index in [1.54, 1.807) is 41.3 Å². The molecule has 1 aliphatic rings. The van der Waals surface area contributed by atoms with E-state index < -0.39 is 0 Å². The second kappa shape index (κ2) is 9.27. The van der Waals surface area contributed by atoms with E-state index in [1.807, 2.05) is 13.8 Å². The highest BCUT2D eigenvalue weighted by molar-refractivity contribution is 6.32. The standard InChI is InChI=1S/C22H24ClFN2O3/c1-3-26(4-2)21(27)13-29-20-10-9-14(11-18(20)23)25-22(28)17-12-16(17)15-7-5-6-8-19(15)24/h5-11,16-17H,3-4,12-13H2,1-2H3,(H,25,28). The van der Waals surface area contributed by atoms with Crippen LogP contribution in [0.5, 0.6) is 5.75 Å². The first-order valence-corrected chi connectivity index (χ1v) is 10.1. The van der Waals surface area contributed by atoms with Gasteiger partial charge in [-0.3, -0.25) is 9.59 Å². The minimum absolute atomic E-state index is 0.0969. The molecule has 1 aliphatic carbocycles. The molecule has 1 fully saturated rings. The van der Waals surface area contributed by atoms with Crippen molar-refractivity contribution in [2.24, 2.45) is 5.92 Å². The summed E-state index contributed by atoms with van der Waals surface area (Å²) in [4.78, 5) is 26.2. The minimum atomic E-state index is -0.281. The zero-order valence-electron chi connectivity index (χ0n) is 16.5. The van der Waals surface area contributed by atoms with Crippen LogP contribution in [0.3, 0.4) is 0 Å². The van der Waals surface area contributed by atoms with Crippen molar-refractivity contribution in [3.05, 3.63) is 58.9 Å². The van der Waals surface area contributed by atoms with Crippen molar-refractivity contribution in [1.29, 1.82) is 0 Å². The van der Waals surface area contributed by atoms with Gasteiger partial charge in [-0.05, 0) is 56.0 Å². The molecule has 5 nitrogen and oxygen atoms in total. The van der Waals surface area contributed by atoms with Gasteiger partial charge in [-0.1, -0.05) is 29.8 Å². The first-order chi connectivity index (χ1) is 13.9. The van der Waals surface area contributed by atoms with Crippen molar-refractivity contribution in [2.75, 3.05) is 25.0 Å². The van der Waals surface area contributed by atoms with E-state index in [0.717, 1.165) is 0 Å². The highest BCUT2D eigenvalue weighted by Gasteiger charge is 2.45. The largest absolute Gasteiger partial charge is 0.482 e. The monoisotopic (exact) mass is 418 g/mol. The number of nitrogens with one attached hydrogen (secondary N) is 1. The van der Waals surface area contributed by atoms with Crippen LogP contribution < -0.4 is 10.1 Å². The van der Waals surface area contributed by atoms with Gasteiger partial charge in [-0.25, -0.2) is 4.39 Å². The lowest BCUT2D eigenvalue weighted by Crippen LogP contribution is -2.34. The Labute approximate surface area is 174 Å². The third-order valence-corrected chi connectivity index (χ3v) is 5.39. The van der Waals surface area contributed by atoms with Crippen molar-refractivity contribution >= 4 is 29.1 Å². The zero-order chi connectivity index (χ0) is 21.0. The minimum Gasteiger partial charge on any atom is -0.482 e. The van der Waals surface area contributed by atoms with Crippen LogP contribution in [0.15, 0.2) is 42.5 Å². The number of hydrogen-bond acceptors (Lipinski definition) is 3. The number of ether oxygens (including phenoxy) is 1. The van der Waals surface area contributed by atoms with Gasteiger partial charge < -0.3 is 15.0 Å². The summed E-state index contributed by atoms with van der Waals surface area (Å²) in [5, 5.41) is 3.12. The quantitative estimate of drug-likeness (QED) is 0.688. The molecule has 0 saturated heterocycles. The average Bonchev–Trinajstić information content (AvgIpc) is 3.49. The average molecular weight is 419 g/mol. The molecule has 2 atom stereocenters. The topological polar surface area (TPSA) is 58.6 Å². The maximum atomic E-state index is 13.9. The second-order valence-electron chi connectivity index (χ2n) is 6.96. The molecule has 3 rings (SSSR count). The van der Waals surface area contributed by atoms with Crippen LogP contribution in [0, 0.1) is 11.7 Å². The number of amides is 2. The molecule has 0 aromatic heterocycles. The molecule has 7 heteroatoms. The van der Waals surface area contributed by atoms with Crippen molar-refractivity contribution in [3.63, 3.8) is 0 Å². The molecule has 1 saturated carbocycles. The molecular weight excluding hydrogens is 395 g/mol. The fourth-order valence-corrected chi connectivity index (χ4v) is 3.58. The summed E-state index contributed by atoms with van der Waals surface area (Å²) in [5.74, 6) is -0.540. The number of halogens is 2. The van der Waals surface area contributed by atoms with Crippen LogP contribution in [0.25, 0.3) is 0 Å². The Morgan fingerprint density at radius 1 is 1.21 bits per heavy atom. The summed E-state index contributed by atoms with van der Waals surface area (Å²) in [7, 11) is 0. The lowest BCUT2D eigenvalue weighted by molar-refractivity contribution is -0.133. The van der Waals surface area contributed by atoms with Gasteiger partial charge in [0.25, 0.3) is 5.91 Å². The molecule has 0 radical (unpaired) electrons. The van der Waals surface area contributed by atoms with E-state index in [0.29, 0.717) is 41.5 Å². The van der Waals surface area contributed by atoms with E-state index >= 15 is 0 Å². The molecule has 0 aliphatic heterocycles. The lowest BCUT2D eigenvalue weighted by atomic mass is 10.1. The smallest absolute Gasteiger partial charge is 0.260 e. The third kappa shape index (κ3) is 5.07. The number of hydrogen-bond donors (Lipinski definition) is 1. The highest BCUT2D eigenvalue weighted by Crippen LogP contribution is 2.48. The predicted octanol–water partition coefficient (Wildman–Crippen LogP) is 4.47. The number of nitrogens with zero attached hydrogens (tertiary/aromatic N) is 1. The molecule has 2 amide bonds. The Morgan fingerprint density at radius 2 is 1.93 bits per heavy atom. The van der Waals surface area contributed by atoms with Gasteiger partial charge in [0.2, 0.25) is 5.91 Å². The summed E-state index contributed by atoms with van der Waals surface area (Å²) in [6, 6.07) is 11.4. The third-order valence-electron chi connectivity index (χ3n) is 5.10. The van der Waals surface area contributed by atoms with Crippen LogP contribution in [0.1, 0.15) is 31.7 Å². The number of carbonyl (C=O) groups is 2. The SMILES string of the molecule is CCN(CC)C(=O)COc1ccc(NC(=O)C2CC2c2ccccc2F)cc1Cl. The molecule has 0 bridgehead atoms. The number of benzene rings is 2. The number of likely N-dealkylation sites (N-methyl/N-ethyl adjacent to an activating group) is 1. The van der Waals surface area contributed by atoms with Crippen molar-refractivity contribution < 1.29 is 18.7 Å². The van der Waals surface area contributed by atoms with E-state index in [1.165, 1.54) is 6.07 Å². The molecule has 1 N–H and O–H groups in total. The summed E-state index contributed by atoms with van der Waals surface area (Å²) < 4.78 is 19.4. The van der Waals surface area contributed by atoms with Gasteiger partial charge in [-0.2, -0.15) is 0 Å². The molecule has 2 aromatic rings. The molecule has 2 unspecified atom stereocenters. The lowest BCUT2D eigenvalue weighted by Gasteiger charge is -2.19. The van der Waals surface area contributed by atoms with Gasteiger partial charge in [0.15, 0.2) is 6.61 Å². The van der Waals surface area contributed by atoms with Crippen LogP contribution in [0.2, 0.25) is 5.02 Å². The normalized spacial score (nSPS) is 17.5. The summed E-state index contributed by atoms with van der Waals surface area (Å²) in [6.07, 6.45) is 0.620. The Hall–Kier alpha value is -2.60. The Kier molecular flexibility index (Phi) is 6.75. The predicted molar refractivity (Wildman–Crippen MR) is 111 cm³/mol. The highest BCUT2D eigenvalue weighted by atomic mass is 35.5. The maximum Gasteiger partial charge on any atom is 0.260 e. The van der Waals surface area contributed by atoms with Crippen LogP contribution >= 0.6 is 11.6 Å². The van der Waals surface area contributed by atoms with Crippen LogP contribution in [-0.2, 0) is 9.59 Å². The van der Waals surface area contributed by atoms with E-state index in [-0.39, 0.29) is 36.1 Å². The molecule has 0 heterocycles. The Morgan fingerprint density at radius 3 is 2.59 bits per heavy atom. The first kappa shape index (κ1) is 21.1. The Balaban J connectivity index is 1.56. The fraction of sp³-hybridized carbons (Fsp3) is 0.364. The zero-order valence-corrected chi connectivity index (χ0v) is 17.2. The number of rotatable bonds is 8. The summed E-state index contributed by atoms with van der Waals surface area (Å²) in [5.41, 5.74) is 1.11. The van der Waals surface area contributed by atoms with Crippen molar-refractivity contribution in [2.45, 2.75) is 26.2 Å². The number of carbonyl (C=O) groups excluding carboxylic acids is 2. The molecule has 0 spiro atoms. The molecular formula is C22H24ClFN2O3. The first-order valence-electron chi connectivity index (χ1n) is 9.70.